The van der Waals surface area contributed by atoms with E-state index in [1.165, 1.54) is 19.3 Å². The molecule has 0 radical (unpaired) electrons. The summed E-state index contributed by atoms with van der Waals surface area (Å²) in [7, 11) is 0. The molecular weight excluding hydrogens is 264 g/mol. The van der Waals surface area contributed by atoms with Crippen LogP contribution in [0.2, 0.25) is 0 Å². The molecule has 0 aromatic heterocycles. The van der Waals surface area contributed by atoms with Crippen LogP contribution in [0.1, 0.15) is 42.5 Å². The standard InChI is InChI=1S/C18H20O3/c19-16(12-5-2-1-3-6-12)21-18-10-9-17(11-20-17)15(18)13-7-4-8-14(13)18/h1-3,5-6,13-15H,4,7-11H2/t13-,14+,15-,17+,18+/m0/s1. The summed E-state index contributed by atoms with van der Waals surface area (Å²) in [5, 5.41) is 0. The van der Waals surface area contributed by atoms with E-state index in [9.17, 15) is 4.79 Å². The van der Waals surface area contributed by atoms with Gasteiger partial charge in [-0.25, -0.2) is 4.79 Å². The Morgan fingerprint density at radius 1 is 1.19 bits per heavy atom. The lowest BCUT2D eigenvalue weighted by Crippen LogP contribution is -2.63. The van der Waals surface area contributed by atoms with Crippen LogP contribution >= 0.6 is 0 Å². The van der Waals surface area contributed by atoms with E-state index in [0.29, 0.717) is 17.4 Å². The van der Waals surface area contributed by atoms with E-state index in [-0.39, 0.29) is 17.2 Å². The fourth-order valence-electron chi connectivity index (χ4n) is 5.62. The first-order chi connectivity index (χ1) is 10.3. The maximum Gasteiger partial charge on any atom is 0.338 e. The summed E-state index contributed by atoms with van der Waals surface area (Å²) < 4.78 is 12.0. The summed E-state index contributed by atoms with van der Waals surface area (Å²) in [6.45, 7) is 0.880. The van der Waals surface area contributed by atoms with Gasteiger partial charge in [0, 0.05) is 11.8 Å². The van der Waals surface area contributed by atoms with Gasteiger partial charge in [0.1, 0.15) is 5.60 Å². The largest absolute Gasteiger partial charge is 0.455 e. The summed E-state index contributed by atoms with van der Waals surface area (Å²) in [6, 6.07) is 9.40. The van der Waals surface area contributed by atoms with Crippen molar-refractivity contribution in [2.75, 3.05) is 6.61 Å². The molecule has 0 N–H and O–H groups in total. The van der Waals surface area contributed by atoms with Gasteiger partial charge in [0.25, 0.3) is 0 Å². The molecule has 0 amide bonds. The smallest absolute Gasteiger partial charge is 0.338 e. The molecule has 1 spiro atoms. The number of ether oxygens (including phenoxy) is 2. The van der Waals surface area contributed by atoms with Crippen LogP contribution in [0.3, 0.4) is 0 Å². The number of esters is 1. The zero-order valence-electron chi connectivity index (χ0n) is 12.1. The van der Waals surface area contributed by atoms with Gasteiger partial charge < -0.3 is 9.47 Å². The van der Waals surface area contributed by atoms with Crippen LogP contribution in [-0.4, -0.2) is 23.8 Å². The highest BCUT2D eigenvalue weighted by Crippen LogP contribution is 2.72. The number of hydrogen-bond donors (Lipinski definition) is 0. The van der Waals surface area contributed by atoms with Gasteiger partial charge in [0.05, 0.1) is 17.8 Å². The predicted molar refractivity (Wildman–Crippen MR) is 76.8 cm³/mol. The van der Waals surface area contributed by atoms with Crippen LogP contribution in [0.5, 0.6) is 0 Å². The highest BCUT2D eigenvalue weighted by atomic mass is 16.6. The highest BCUT2D eigenvalue weighted by molar-refractivity contribution is 5.89. The zero-order chi connectivity index (χ0) is 14.1. The molecule has 0 unspecified atom stereocenters. The van der Waals surface area contributed by atoms with Crippen LogP contribution in [0.25, 0.3) is 0 Å². The van der Waals surface area contributed by atoms with Gasteiger partial charge in [-0.15, -0.1) is 0 Å². The third-order valence-corrected chi connectivity index (χ3v) is 6.46. The van der Waals surface area contributed by atoms with Gasteiger partial charge >= 0.3 is 5.97 Å². The SMILES string of the molecule is O=C(O[C@@]12CC[C@@]3(CO3)[C@@H]1[C@H]1CCC[C@H]12)c1ccccc1. The molecular formula is C18H20O3. The highest BCUT2D eigenvalue weighted by Gasteiger charge is 2.78. The number of carbonyl (C=O) groups excluding carboxylic acids is 1. The van der Waals surface area contributed by atoms with Crippen molar-refractivity contribution in [3.8, 4) is 0 Å². The third kappa shape index (κ3) is 1.45. The molecule has 5 atom stereocenters. The topological polar surface area (TPSA) is 38.8 Å². The first-order valence-electron chi connectivity index (χ1n) is 8.18. The number of fused-ring (bicyclic) bond motifs is 5. The van der Waals surface area contributed by atoms with Crippen LogP contribution in [0.4, 0.5) is 0 Å². The van der Waals surface area contributed by atoms with Crippen LogP contribution in [0, 0.1) is 17.8 Å². The van der Waals surface area contributed by atoms with Crippen molar-refractivity contribution in [3.05, 3.63) is 35.9 Å². The van der Waals surface area contributed by atoms with E-state index in [1.54, 1.807) is 0 Å². The van der Waals surface area contributed by atoms with Crippen molar-refractivity contribution in [2.45, 2.75) is 43.3 Å². The van der Waals surface area contributed by atoms with Crippen molar-refractivity contribution >= 4 is 5.97 Å². The molecule has 1 saturated heterocycles. The minimum atomic E-state index is -0.218. The Morgan fingerprint density at radius 3 is 2.76 bits per heavy atom. The fourth-order valence-corrected chi connectivity index (χ4v) is 5.62. The van der Waals surface area contributed by atoms with Gasteiger partial charge in [-0.05, 0) is 43.7 Å². The average molecular weight is 284 g/mol. The van der Waals surface area contributed by atoms with Gasteiger partial charge in [-0.2, -0.15) is 0 Å². The van der Waals surface area contributed by atoms with Gasteiger partial charge in [0.2, 0.25) is 0 Å². The van der Waals surface area contributed by atoms with Crippen molar-refractivity contribution in [1.82, 2.24) is 0 Å². The molecule has 3 saturated carbocycles. The van der Waals surface area contributed by atoms with Gasteiger partial charge in [-0.3, -0.25) is 0 Å². The molecule has 4 aliphatic rings. The van der Waals surface area contributed by atoms with Crippen LogP contribution in [-0.2, 0) is 9.47 Å². The molecule has 1 aromatic rings. The van der Waals surface area contributed by atoms with Crippen molar-refractivity contribution in [3.63, 3.8) is 0 Å². The average Bonchev–Trinajstić information content (AvgIpc) is 3.05. The maximum atomic E-state index is 12.5. The normalized spacial score (nSPS) is 45.8. The molecule has 110 valence electrons. The summed E-state index contributed by atoms with van der Waals surface area (Å²) in [5.41, 5.74) is 0.525. The maximum absolute atomic E-state index is 12.5. The second-order valence-electron chi connectivity index (χ2n) is 7.24. The monoisotopic (exact) mass is 284 g/mol. The number of carbonyl (C=O) groups is 1. The Balaban J connectivity index is 1.46. The molecule has 21 heavy (non-hydrogen) atoms. The fraction of sp³-hybridized carbons (Fsp3) is 0.611. The number of rotatable bonds is 2. The molecule has 3 nitrogen and oxygen atoms in total. The van der Waals surface area contributed by atoms with Crippen molar-refractivity contribution < 1.29 is 14.3 Å². The minimum Gasteiger partial charge on any atom is -0.455 e. The first kappa shape index (κ1) is 12.2. The van der Waals surface area contributed by atoms with Crippen LogP contribution < -0.4 is 0 Å². The van der Waals surface area contributed by atoms with E-state index in [2.05, 4.69) is 0 Å². The molecule has 3 heteroatoms. The molecule has 1 heterocycles. The lowest BCUT2D eigenvalue weighted by atomic mass is 9.54. The minimum absolute atomic E-state index is 0.0719. The molecule has 0 bridgehead atoms. The van der Waals surface area contributed by atoms with E-state index >= 15 is 0 Å². The summed E-state index contributed by atoms with van der Waals surface area (Å²) >= 11 is 0. The Hall–Kier alpha value is -1.35. The van der Waals surface area contributed by atoms with E-state index < -0.39 is 0 Å². The lowest BCUT2D eigenvalue weighted by Gasteiger charge is -2.55. The first-order valence-corrected chi connectivity index (χ1v) is 8.18. The molecule has 1 aliphatic heterocycles. The zero-order valence-corrected chi connectivity index (χ0v) is 12.1. The Bertz CT molecular complexity index is 592. The second-order valence-corrected chi connectivity index (χ2v) is 7.24. The Labute approximate surface area is 124 Å². The van der Waals surface area contributed by atoms with E-state index in [4.69, 9.17) is 9.47 Å². The quantitative estimate of drug-likeness (QED) is 0.618. The van der Waals surface area contributed by atoms with Gasteiger partial charge in [0.15, 0.2) is 0 Å². The van der Waals surface area contributed by atoms with Gasteiger partial charge in [-0.1, -0.05) is 24.6 Å². The lowest BCUT2D eigenvalue weighted by molar-refractivity contribution is -0.182. The number of epoxide rings is 1. The van der Waals surface area contributed by atoms with E-state index in [1.807, 2.05) is 30.3 Å². The molecule has 1 aromatic carbocycles. The van der Waals surface area contributed by atoms with Crippen molar-refractivity contribution in [2.24, 2.45) is 17.8 Å². The molecule has 5 rings (SSSR count). The predicted octanol–water partition coefficient (Wildman–Crippen LogP) is 3.19. The number of benzene rings is 1. The summed E-state index contributed by atoms with van der Waals surface area (Å²) in [4.78, 5) is 12.5. The van der Waals surface area contributed by atoms with Crippen molar-refractivity contribution in [1.29, 1.82) is 0 Å². The summed E-state index contributed by atoms with van der Waals surface area (Å²) in [6.07, 6.45) is 5.88. The third-order valence-electron chi connectivity index (χ3n) is 6.46. The second kappa shape index (κ2) is 3.89. The Morgan fingerprint density at radius 2 is 2.00 bits per heavy atom. The summed E-state index contributed by atoms with van der Waals surface area (Å²) in [5.74, 6) is 1.63. The number of hydrogen-bond acceptors (Lipinski definition) is 3. The van der Waals surface area contributed by atoms with Crippen LogP contribution in [0.15, 0.2) is 30.3 Å². The Kier molecular flexibility index (Phi) is 2.26. The molecule has 3 aliphatic carbocycles. The van der Waals surface area contributed by atoms with E-state index in [0.717, 1.165) is 25.4 Å². The molecule has 4 fully saturated rings.